The average Bonchev–Trinajstić information content (AvgIpc) is 2.22. The first kappa shape index (κ1) is 13.4. The zero-order valence-electron chi connectivity index (χ0n) is 9.72. The summed E-state index contributed by atoms with van der Waals surface area (Å²) in [5.41, 5.74) is 1.17. The topological polar surface area (TPSA) is 0 Å². The second-order valence-electron chi connectivity index (χ2n) is 3.52. The van der Waals surface area contributed by atoms with Crippen LogP contribution in [0.2, 0.25) is 0 Å². The monoisotopic (exact) mass is 198 g/mol. The maximum Gasteiger partial charge on any atom is 0.100 e. The Morgan fingerprint density at radius 2 is 1.71 bits per heavy atom. The van der Waals surface area contributed by atoms with E-state index in [0.717, 1.165) is 25.7 Å². The van der Waals surface area contributed by atoms with E-state index in [4.69, 9.17) is 0 Å². The molecule has 0 unspecified atom stereocenters. The first-order valence-corrected chi connectivity index (χ1v) is 5.69. The molecule has 1 fully saturated rings. The molecule has 0 heterocycles. The zero-order chi connectivity index (χ0) is 11.0. The number of hydrogen-bond donors (Lipinski definition) is 0. The number of hydrogen-bond acceptors (Lipinski definition) is 0. The van der Waals surface area contributed by atoms with E-state index >= 15 is 0 Å². The molecule has 0 N–H and O–H groups in total. The summed E-state index contributed by atoms with van der Waals surface area (Å²) in [4.78, 5) is 0. The predicted molar refractivity (Wildman–Crippen MR) is 62.2 cm³/mol. The van der Waals surface area contributed by atoms with Crippen molar-refractivity contribution >= 4 is 0 Å². The van der Waals surface area contributed by atoms with E-state index in [1.54, 1.807) is 0 Å². The third-order valence-corrected chi connectivity index (χ3v) is 2.56. The molecule has 1 aliphatic rings. The second-order valence-corrected chi connectivity index (χ2v) is 3.52. The summed E-state index contributed by atoms with van der Waals surface area (Å²) < 4.78 is 12.8. The fourth-order valence-corrected chi connectivity index (χ4v) is 1.77. The molecule has 0 aliphatic heterocycles. The standard InChI is InChI=1S/C11H17F.C2H6/c1-3-4-9(2)10-5-7-11(12)8-6-10;1-2/h3-4,10-11H,2,5-8H2,1H3;1-2H3/b4-3-;. The third kappa shape index (κ3) is 4.59. The van der Waals surface area contributed by atoms with Crippen LogP contribution in [0.3, 0.4) is 0 Å². The van der Waals surface area contributed by atoms with Gasteiger partial charge in [0.2, 0.25) is 0 Å². The van der Waals surface area contributed by atoms with Crippen LogP contribution in [-0.4, -0.2) is 6.17 Å². The lowest BCUT2D eigenvalue weighted by Gasteiger charge is -2.24. The fourth-order valence-electron chi connectivity index (χ4n) is 1.77. The smallest absolute Gasteiger partial charge is 0.100 e. The van der Waals surface area contributed by atoms with Gasteiger partial charge in [-0.05, 0) is 38.5 Å². The Morgan fingerprint density at radius 3 is 2.14 bits per heavy atom. The number of allylic oxidation sites excluding steroid dienone is 3. The van der Waals surface area contributed by atoms with Crippen molar-refractivity contribution in [2.45, 2.75) is 52.6 Å². The maximum absolute atomic E-state index is 12.8. The van der Waals surface area contributed by atoms with Crippen LogP contribution in [0.25, 0.3) is 0 Å². The van der Waals surface area contributed by atoms with Gasteiger partial charge in [-0.15, -0.1) is 0 Å². The van der Waals surface area contributed by atoms with Crippen LogP contribution in [0.15, 0.2) is 24.3 Å². The van der Waals surface area contributed by atoms with Gasteiger partial charge in [-0.1, -0.05) is 38.2 Å². The van der Waals surface area contributed by atoms with Crippen molar-refractivity contribution in [2.75, 3.05) is 0 Å². The van der Waals surface area contributed by atoms with E-state index in [2.05, 4.69) is 6.58 Å². The van der Waals surface area contributed by atoms with Crippen LogP contribution >= 0.6 is 0 Å². The van der Waals surface area contributed by atoms with Gasteiger partial charge in [-0.3, -0.25) is 0 Å². The molecule has 0 saturated heterocycles. The predicted octanol–water partition coefficient (Wildman–Crippen LogP) is 4.67. The highest BCUT2D eigenvalue weighted by molar-refractivity contribution is 5.17. The van der Waals surface area contributed by atoms with Gasteiger partial charge in [0, 0.05) is 0 Å². The number of rotatable bonds is 2. The van der Waals surface area contributed by atoms with Crippen LogP contribution in [0.5, 0.6) is 0 Å². The zero-order valence-corrected chi connectivity index (χ0v) is 9.72. The number of alkyl halides is 1. The fraction of sp³-hybridized carbons (Fsp3) is 0.692. The van der Waals surface area contributed by atoms with Crippen LogP contribution in [0.4, 0.5) is 4.39 Å². The van der Waals surface area contributed by atoms with Crippen LogP contribution in [-0.2, 0) is 0 Å². The Bertz CT molecular complexity index is 174. The van der Waals surface area contributed by atoms with Crippen molar-refractivity contribution in [3.63, 3.8) is 0 Å². The lowest BCUT2D eigenvalue weighted by atomic mass is 9.83. The van der Waals surface area contributed by atoms with Crippen LogP contribution in [0, 0.1) is 5.92 Å². The normalized spacial score (nSPS) is 26.9. The minimum absolute atomic E-state index is 0.535. The third-order valence-electron chi connectivity index (χ3n) is 2.56. The van der Waals surface area contributed by atoms with E-state index in [-0.39, 0.29) is 0 Å². The molecule has 14 heavy (non-hydrogen) atoms. The quantitative estimate of drug-likeness (QED) is 0.565. The summed E-state index contributed by atoms with van der Waals surface area (Å²) in [6, 6.07) is 0. The summed E-state index contributed by atoms with van der Waals surface area (Å²) in [6.07, 6.45) is 6.89. The van der Waals surface area contributed by atoms with Crippen molar-refractivity contribution in [3.05, 3.63) is 24.3 Å². The molecular formula is C13H23F. The van der Waals surface area contributed by atoms with Crippen LogP contribution in [0.1, 0.15) is 46.5 Å². The van der Waals surface area contributed by atoms with E-state index < -0.39 is 6.17 Å². The van der Waals surface area contributed by atoms with Crippen LogP contribution < -0.4 is 0 Å². The first-order chi connectivity index (χ1) is 6.74. The van der Waals surface area contributed by atoms with Gasteiger partial charge in [0.05, 0.1) is 0 Å². The highest BCUT2D eigenvalue weighted by Gasteiger charge is 2.21. The van der Waals surface area contributed by atoms with Gasteiger partial charge in [-0.25, -0.2) is 4.39 Å². The SMILES string of the molecule is C=C(/C=C\C)C1CCC(F)CC1.CC. The molecule has 82 valence electrons. The first-order valence-electron chi connectivity index (χ1n) is 5.69. The molecule has 0 radical (unpaired) electrons. The maximum atomic E-state index is 12.8. The molecule has 0 aromatic rings. The van der Waals surface area contributed by atoms with Gasteiger partial charge in [0.15, 0.2) is 0 Å². The molecule has 0 aromatic carbocycles. The lowest BCUT2D eigenvalue weighted by Crippen LogP contribution is -2.15. The summed E-state index contributed by atoms with van der Waals surface area (Å²) in [7, 11) is 0. The van der Waals surface area contributed by atoms with E-state index in [0.29, 0.717) is 5.92 Å². The molecule has 0 spiro atoms. The summed E-state index contributed by atoms with van der Waals surface area (Å²) in [5, 5.41) is 0. The summed E-state index contributed by atoms with van der Waals surface area (Å²) in [6.45, 7) is 9.98. The van der Waals surface area contributed by atoms with Gasteiger partial charge >= 0.3 is 0 Å². The van der Waals surface area contributed by atoms with Crippen molar-refractivity contribution in [1.82, 2.24) is 0 Å². The Labute approximate surface area is 87.9 Å². The molecule has 0 atom stereocenters. The molecule has 0 aromatic heterocycles. The van der Waals surface area contributed by atoms with E-state index in [1.165, 1.54) is 5.57 Å². The second kappa shape index (κ2) is 7.78. The van der Waals surface area contributed by atoms with Crippen molar-refractivity contribution in [1.29, 1.82) is 0 Å². The van der Waals surface area contributed by atoms with Crippen molar-refractivity contribution in [2.24, 2.45) is 5.92 Å². The summed E-state index contributed by atoms with van der Waals surface area (Å²) >= 11 is 0. The van der Waals surface area contributed by atoms with E-state index in [9.17, 15) is 4.39 Å². The highest BCUT2D eigenvalue weighted by Crippen LogP contribution is 2.30. The molecule has 1 rings (SSSR count). The van der Waals surface area contributed by atoms with E-state index in [1.807, 2.05) is 32.9 Å². The molecule has 0 nitrogen and oxygen atoms in total. The Hall–Kier alpha value is -0.590. The Balaban J connectivity index is 0.000000791. The molecule has 1 aliphatic carbocycles. The average molecular weight is 198 g/mol. The van der Waals surface area contributed by atoms with Gasteiger partial charge in [0.25, 0.3) is 0 Å². The number of halogens is 1. The largest absolute Gasteiger partial charge is 0.247 e. The Morgan fingerprint density at radius 1 is 1.21 bits per heavy atom. The molecule has 0 bridgehead atoms. The van der Waals surface area contributed by atoms with Gasteiger partial charge in [0.1, 0.15) is 6.17 Å². The van der Waals surface area contributed by atoms with Gasteiger partial charge < -0.3 is 0 Å². The van der Waals surface area contributed by atoms with Gasteiger partial charge in [-0.2, -0.15) is 0 Å². The Kier molecular flexibility index (Phi) is 7.45. The molecule has 0 amide bonds. The lowest BCUT2D eigenvalue weighted by molar-refractivity contribution is 0.223. The van der Waals surface area contributed by atoms with Crippen molar-refractivity contribution < 1.29 is 4.39 Å². The minimum atomic E-state index is -0.556. The minimum Gasteiger partial charge on any atom is -0.247 e. The summed E-state index contributed by atoms with van der Waals surface area (Å²) in [5.74, 6) is 0.535. The molecular weight excluding hydrogens is 175 g/mol. The molecule has 1 saturated carbocycles. The van der Waals surface area contributed by atoms with Crippen molar-refractivity contribution in [3.8, 4) is 0 Å². The molecule has 1 heteroatoms. The highest BCUT2D eigenvalue weighted by atomic mass is 19.1.